The Balaban J connectivity index is 1.63. The first-order valence-electron chi connectivity index (χ1n) is 9.58. The second kappa shape index (κ2) is 10.2. The largest absolute Gasteiger partial charge is 0.466 e. The molecule has 2 amide bonds. The van der Waals surface area contributed by atoms with Gasteiger partial charge in [-0.15, -0.1) is 0 Å². The maximum atomic E-state index is 12.1. The van der Waals surface area contributed by atoms with Gasteiger partial charge < -0.3 is 19.7 Å². The number of hydrogen-bond acceptors (Lipinski definition) is 6. The highest BCUT2D eigenvalue weighted by Gasteiger charge is 2.29. The van der Waals surface area contributed by atoms with Crippen molar-refractivity contribution in [2.75, 3.05) is 45.6 Å². The van der Waals surface area contributed by atoms with E-state index in [4.69, 9.17) is 9.47 Å². The summed E-state index contributed by atoms with van der Waals surface area (Å²) in [5.41, 5.74) is 0. The number of amides is 2. The Morgan fingerprint density at radius 3 is 2.11 bits per heavy atom. The van der Waals surface area contributed by atoms with E-state index in [2.05, 4.69) is 5.32 Å². The molecular weight excluding hydrogens is 374 g/mol. The smallest absolute Gasteiger partial charge is 0.317 e. The number of nitrogens with zero attached hydrogens (tertiary/aromatic N) is 2. The quantitative estimate of drug-likeness (QED) is 0.620. The van der Waals surface area contributed by atoms with Crippen molar-refractivity contribution >= 4 is 22.0 Å². The normalized spacial score (nSPS) is 20.4. The maximum absolute atomic E-state index is 12.1. The molecule has 2 aliphatic heterocycles. The monoisotopic (exact) mass is 405 g/mol. The van der Waals surface area contributed by atoms with Gasteiger partial charge in [-0.25, -0.2) is 17.5 Å². The van der Waals surface area contributed by atoms with Gasteiger partial charge in [0.05, 0.1) is 31.5 Å². The predicted molar refractivity (Wildman–Crippen MR) is 99.8 cm³/mol. The molecule has 1 N–H and O–H groups in total. The summed E-state index contributed by atoms with van der Waals surface area (Å²) < 4.78 is 35.5. The summed E-state index contributed by atoms with van der Waals surface area (Å²) in [5, 5.41) is 2.74. The number of likely N-dealkylation sites (tertiary alicyclic amines) is 1. The van der Waals surface area contributed by atoms with Crippen molar-refractivity contribution in [3.05, 3.63) is 0 Å². The van der Waals surface area contributed by atoms with Crippen LogP contribution < -0.4 is 5.32 Å². The lowest BCUT2D eigenvalue weighted by molar-refractivity contribution is -0.142. The number of carbonyl (C=O) groups excluding carboxylic acids is 2. The zero-order chi connectivity index (χ0) is 19.9. The number of hydrogen-bond donors (Lipinski definition) is 1. The Hall–Kier alpha value is -1.39. The molecule has 0 aromatic heterocycles. The first-order chi connectivity index (χ1) is 12.8. The molecule has 0 aromatic rings. The predicted octanol–water partition coefficient (Wildman–Crippen LogP) is 0.554. The summed E-state index contributed by atoms with van der Waals surface area (Å²) in [5.74, 6) is -0.313. The van der Waals surface area contributed by atoms with Gasteiger partial charge in [-0.1, -0.05) is 0 Å². The van der Waals surface area contributed by atoms with Crippen molar-refractivity contribution in [1.29, 1.82) is 0 Å². The highest BCUT2D eigenvalue weighted by atomic mass is 32.2. The van der Waals surface area contributed by atoms with Crippen molar-refractivity contribution in [3.8, 4) is 0 Å². The van der Waals surface area contributed by atoms with Gasteiger partial charge in [0, 0.05) is 32.7 Å². The number of esters is 1. The average molecular weight is 406 g/mol. The van der Waals surface area contributed by atoms with E-state index >= 15 is 0 Å². The van der Waals surface area contributed by atoms with Crippen molar-refractivity contribution in [1.82, 2.24) is 14.5 Å². The Morgan fingerprint density at radius 1 is 1.04 bits per heavy atom. The Bertz CT molecular complexity index is 596. The molecule has 2 heterocycles. The van der Waals surface area contributed by atoms with Gasteiger partial charge in [0.25, 0.3) is 0 Å². The lowest BCUT2D eigenvalue weighted by atomic mass is 10.1. The number of ether oxygens (including phenoxy) is 2. The fourth-order valence-electron chi connectivity index (χ4n) is 3.38. The van der Waals surface area contributed by atoms with Crippen LogP contribution in [0.4, 0.5) is 4.79 Å². The molecular formula is C17H31N3O6S. The van der Waals surface area contributed by atoms with E-state index in [1.807, 2.05) is 0 Å². The van der Waals surface area contributed by atoms with Crippen LogP contribution in [0.25, 0.3) is 0 Å². The fraction of sp³-hybridized carbons (Fsp3) is 0.882. The zero-order valence-corrected chi connectivity index (χ0v) is 17.0. The number of piperidine rings is 2. The van der Waals surface area contributed by atoms with Crippen molar-refractivity contribution in [3.63, 3.8) is 0 Å². The third-order valence-corrected chi connectivity index (χ3v) is 6.20. The van der Waals surface area contributed by atoms with E-state index in [1.54, 1.807) is 11.8 Å². The minimum Gasteiger partial charge on any atom is -0.466 e. The highest BCUT2D eigenvalue weighted by Crippen LogP contribution is 2.22. The van der Waals surface area contributed by atoms with Gasteiger partial charge in [0.15, 0.2) is 0 Å². The van der Waals surface area contributed by atoms with Gasteiger partial charge in [-0.2, -0.15) is 0 Å². The average Bonchev–Trinajstić information content (AvgIpc) is 2.62. The number of urea groups is 1. The van der Waals surface area contributed by atoms with Gasteiger partial charge in [-0.3, -0.25) is 4.79 Å². The van der Waals surface area contributed by atoms with Crippen LogP contribution in [-0.4, -0.2) is 87.4 Å². The highest BCUT2D eigenvalue weighted by molar-refractivity contribution is 7.88. The molecule has 2 fully saturated rings. The molecule has 9 nitrogen and oxygen atoms in total. The summed E-state index contributed by atoms with van der Waals surface area (Å²) >= 11 is 0. The van der Waals surface area contributed by atoms with Crippen LogP contribution in [0.1, 0.15) is 39.0 Å². The molecule has 0 saturated carbocycles. The van der Waals surface area contributed by atoms with E-state index in [9.17, 15) is 18.0 Å². The number of nitrogens with one attached hydrogen (secondary N) is 1. The van der Waals surface area contributed by atoms with E-state index in [1.165, 1.54) is 10.6 Å². The lowest BCUT2D eigenvalue weighted by Gasteiger charge is -2.36. The van der Waals surface area contributed by atoms with Crippen LogP contribution in [0.2, 0.25) is 0 Å². The molecule has 10 heteroatoms. The minimum absolute atomic E-state index is 0.0814. The Labute approximate surface area is 161 Å². The summed E-state index contributed by atoms with van der Waals surface area (Å²) in [7, 11) is -3.12. The van der Waals surface area contributed by atoms with Crippen molar-refractivity contribution < 1.29 is 27.5 Å². The number of rotatable bonds is 7. The molecule has 2 rings (SSSR count). The van der Waals surface area contributed by atoms with E-state index in [-0.39, 0.29) is 37.2 Å². The summed E-state index contributed by atoms with van der Waals surface area (Å²) in [6.07, 6.45) is 4.53. The molecule has 0 unspecified atom stereocenters. The van der Waals surface area contributed by atoms with Crippen LogP contribution in [0, 0.1) is 0 Å². The number of sulfonamides is 1. The summed E-state index contributed by atoms with van der Waals surface area (Å²) in [4.78, 5) is 25.1. The third-order valence-electron chi connectivity index (χ3n) is 4.89. The van der Waals surface area contributed by atoms with Crippen molar-refractivity contribution in [2.24, 2.45) is 0 Å². The molecule has 0 atom stereocenters. The Kier molecular flexibility index (Phi) is 8.30. The minimum atomic E-state index is -3.12. The molecule has 0 bridgehead atoms. The van der Waals surface area contributed by atoms with Crippen LogP contribution in [0.5, 0.6) is 0 Å². The van der Waals surface area contributed by atoms with Crippen LogP contribution in [-0.2, 0) is 24.3 Å². The second-order valence-electron chi connectivity index (χ2n) is 6.97. The first kappa shape index (κ1) is 21.9. The third kappa shape index (κ3) is 7.27. The van der Waals surface area contributed by atoms with Gasteiger partial charge in [-0.05, 0) is 32.6 Å². The molecule has 27 heavy (non-hydrogen) atoms. The van der Waals surface area contributed by atoms with Gasteiger partial charge in [0.2, 0.25) is 10.0 Å². The summed E-state index contributed by atoms with van der Waals surface area (Å²) in [6.45, 7) is 4.59. The first-order valence-corrected chi connectivity index (χ1v) is 11.4. The van der Waals surface area contributed by atoms with Crippen LogP contribution >= 0.6 is 0 Å². The zero-order valence-electron chi connectivity index (χ0n) is 16.2. The van der Waals surface area contributed by atoms with Gasteiger partial charge in [0.1, 0.15) is 0 Å². The van der Waals surface area contributed by atoms with E-state index in [0.29, 0.717) is 45.6 Å². The van der Waals surface area contributed by atoms with E-state index in [0.717, 1.165) is 12.8 Å². The summed E-state index contributed by atoms with van der Waals surface area (Å²) in [6, 6.07) is -0.167. The van der Waals surface area contributed by atoms with E-state index < -0.39 is 10.0 Å². The Morgan fingerprint density at radius 2 is 1.59 bits per heavy atom. The molecule has 2 saturated heterocycles. The topological polar surface area (TPSA) is 105 Å². The molecule has 0 radical (unpaired) electrons. The fourth-order valence-corrected chi connectivity index (χ4v) is 4.26. The van der Waals surface area contributed by atoms with Crippen LogP contribution in [0.15, 0.2) is 0 Å². The second-order valence-corrected chi connectivity index (χ2v) is 8.95. The standard InChI is InChI=1S/C17H31N3O6S/c1-3-25-16(21)4-9-18-17(22)19-10-5-14(6-11-19)26-15-7-12-20(13-8-15)27(2,23)24/h14-15H,3-13H2,1-2H3,(H,18,22). The molecule has 156 valence electrons. The SMILES string of the molecule is CCOC(=O)CCNC(=O)N1CCC(OC2CCN(S(C)(=O)=O)CC2)CC1. The van der Waals surface area contributed by atoms with Crippen molar-refractivity contribution in [2.45, 2.75) is 51.2 Å². The maximum Gasteiger partial charge on any atom is 0.317 e. The van der Waals surface area contributed by atoms with Crippen LogP contribution in [0.3, 0.4) is 0 Å². The molecule has 0 aliphatic carbocycles. The number of carbonyl (C=O) groups is 2. The molecule has 0 spiro atoms. The van der Waals surface area contributed by atoms with Gasteiger partial charge >= 0.3 is 12.0 Å². The molecule has 0 aromatic carbocycles. The lowest BCUT2D eigenvalue weighted by Crippen LogP contribution is -2.47. The molecule has 2 aliphatic rings.